The summed E-state index contributed by atoms with van der Waals surface area (Å²) < 4.78 is 4.53. The molecule has 0 atom stereocenters. The predicted molar refractivity (Wildman–Crippen MR) is 68.3 cm³/mol. The number of ether oxygens (including phenoxy) is 1. The highest BCUT2D eigenvalue weighted by Crippen LogP contribution is 2.08. The van der Waals surface area contributed by atoms with E-state index in [-0.39, 0.29) is 11.5 Å². The maximum absolute atomic E-state index is 10.8. The molecule has 1 aromatic carbocycles. The van der Waals surface area contributed by atoms with Gasteiger partial charge in [0.2, 0.25) is 0 Å². The smallest absolute Gasteiger partial charge is 0.335 e. The molecule has 0 radical (unpaired) electrons. The van der Waals surface area contributed by atoms with Gasteiger partial charge in [-0.2, -0.15) is 0 Å². The van der Waals surface area contributed by atoms with Crippen molar-refractivity contribution in [2.45, 2.75) is 19.3 Å². The summed E-state index contributed by atoms with van der Waals surface area (Å²) >= 11 is 0. The van der Waals surface area contributed by atoms with E-state index in [2.05, 4.69) is 4.74 Å². The number of aromatic carboxylic acids is 1. The first-order chi connectivity index (χ1) is 8.63. The van der Waals surface area contributed by atoms with Gasteiger partial charge in [0.15, 0.2) is 0 Å². The van der Waals surface area contributed by atoms with Crippen molar-refractivity contribution in [2.75, 3.05) is 7.11 Å². The first-order valence-electron chi connectivity index (χ1n) is 5.70. The minimum absolute atomic E-state index is 0.200. The third-order valence-electron chi connectivity index (χ3n) is 2.45. The summed E-state index contributed by atoms with van der Waals surface area (Å²) in [5.41, 5.74) is 1.22. The van der Waals surface area contributed by atoms with Gasteiger partial charge in [-0.15, -0.1) is 0 Å². The Hall–Kier alpha value is -2.10. The molecule has 0 fully saturated rings. The van der Waals surface area contributed by atoms with Crippen LogP contribution in [-0.2, 0) is 9.53 Å². The lowest BCUT2D eigenvalue weighted by Gasteiger charge is -1.97. The van der Waals surface area contributed by atoms with Crippen molar-refractivity contribution in [2.24, 2.45) is 0 Å². The molecule has 0 aliphatic carbocycles. The number of allylic oxidation sites excluding steroid dienone is 1. The van der Waals surface area contributed by atoms with Crippen molar-refractivity contribution in [3.05, 3.63) is 41.5 Å². The molecule has 0 amide bonds. The van der Waals surface area contributed by atoms with E-state index in [1.165, 1.54) is 7.11 Å². The fourth-order valence-electron chi connectivity index (χ4n) is 1.42. The Labute approximate surface area is 106 Å². The standard InChI is InChI=1S/C14H16O4/c1-18-13(15)6-4-2-3-5-11-7-9-12(10-8-11)14(16)17/h3,5,7-10H,2,4,6H2,1H3,(H,16,17)/b5-3+. The van der Waals surface area contributed by atoms with E-state index in [1.807, 2.05) is 12.2 Å². The fraction of sp³-hybridized carbons (Fsp3) is 0.286. The number of rotatable bonds is 6. The number of methoxy groups -OCH3 is 1. The molecule has 0 saturated heterocycles. The SMILES string of the molecule is COC(=O)CCC/C=C/c1ccc(C(=O)O)cc1. The average Bonchev–Trinajstić information content (AvgIpc) is 2.38. The Balaban J connectivity index is 2.38. The molecular weight excluding hydrogens is 232 g/mol. The second-order valence-electron chi connectivity index (χ2n) is 3.80. The van der Waals surface area contributed by atoms with Crippen LogP contribution in [0.3, 0.4) is 0 Å². The molecule has 0 aliphatic heterocycles. The zero-order valence-corrected chi connectivity index (χ0v) is 10.3. The van der Waals surface area contributed by atoms with Crippen LogP contribution < -0.4 is 0 Å². The average molecular weight is 248 g/mol. The lowest BCUT2D eigenvalue weighted by molar-refractivity contribution is -0.140. The van der Waals surface area contributed by atoms with Crippen molar-refractivity contribution in [1.82, 2.24) is 0 Å². The zero-order chi connectivity index (χ0) is 13.4. The topological polar surface area (TPSA) is 63.6 Å². The van der Waals surface area contributed by atoms with Crippen LogP contribution >= 0.6 is 0 Å². The summed E-state index contributed by atoms with van der Waals surface area (Å²) in [4.78, 5) is 21.5. The first-order valence-corrected chi connectivity index (χ1v) is 5.70. The number of hydrogen-bond acceptors (Lipinski definition) is 3. The van der Waals surface area contributed by atoms with Gasteiger partial charge < -0.3 is 9.84 Å². The molecule has 1 rings (SSSR count). The van der Waals surface area contributed by atoms with Crippen LogP contribution in [0.1, 0.15) is 35.2 Å². The van der Waals surface area contributed by atoms with Crippen LogP contribution in [0.25, 0.3) is 6.08 Å². The second kappa shape index (κ2) is 7.27. The zero-order valence-electron chi connectivity index (χ0n) is 10.3. The Kier molecular flexibility index (Phi) is 5.64. The second-order valence-corrected chi connectivity index (χ2v) is 3.80. The third kappa shape index (κ3) is 4.82. The van der Waals surface area contributed by atoms with Gasteiger partial charge in [0.25, 0.3) is 0 Å². The van der Waals surface area contributed by atoms with Crippen LogP contribution in [-0.4, -0.2) is 24.2 Å². The lowest BCUT2D eigenvalue weighted by atomic mass is 10.1. The number of esters is 1. The molecule has 1 N–H and O–H groups in total. The van der Waals surface area contributed by atoms with E-state index >= 15 is 0 Å². The summed E-state index contributed by atoms with van der Waals surface area (Å²) in [7, 11) is 1.38. The Bertz CT molecular complexity index is 432. The van der Waals surface area contributed by atoms with Crippen LogP contribution in [0.15, 0.2) is 30.3 Å². The maximum Gasteiger partial charge on any atom is 0.335 e. The summed E-state index contributed by atoms with van der Waals surface area (Å²) in [5, 5.41) is 8.74. The van der Waals surface area contributed by atoms with Crippen LogP contribution in [0.5, 0.6) is 0 Å². The molecule has 4 nitrogen and oxygen atoms in total. The number of hydrogen-bond donors (Lipinski definition) is 1. The predicted octanol–water partition coefficient (Wildman–Crippen LogP) is 2.74. The number of benzene rings is 1. The number of carbonyl (C=O) groups excluding carboxylic acids is 1. The molecule has 0 heterocycles. The summed E-state index contributed by atoms with van der Waals surface area (Å²) in [5.74, 6) is -1.13. The van der Waals surface area contributed by atoms with Crippen molar-refractivity contribution in [1.29, 1.82) is 0 Å². The third-order valence-corrected chi connectivity index (χ3v) is 2.45. The van der Waals surface area contributed by atoms with E-state index < -0.39 is 5.97 Å². The van der Waals surface area contributed by atoms with E-state index in [4.69, 9.17) is 5.11 Å². The number of carboxylic acid groups (broad SMARTS) is 1. The Morgan fingerprint density at radius 1 is 1.28 bits per heavy atom. The summed E-state index contributed by atoms with van der Waals surface area (Å²) in [6.45, 7) is 0. The minimum Gasteiger partial charge on any atom is -0.478 e. The van der Waals surface area contributed by atoms with Crippen molar-refractivity contribution < 1.29 is 19.4 Å². The van der Waals surface area contributed by atoms with Crippen molar-refractivity contribution in [3.8, 4) is 0 Å². The first kappa shape index (κ1) is 14.0. The molecule has 0 saturated carbocycles. The van der Waals surface area contributed by atoms with Crippen molar-refractivity contribution in [3.63, 3.8) is 0 Å². The van der Waals surface area contributed by atoms with Gasteiger partial charge in [-0.25, -0.2) is 4.79 Å². The summed E-state index contributed by atoms with van der Waals surface area (Å²) in [6, 6.07) is 6.63. The molecule has 18 heavy (non-hydrogen) atoms. The molecule has 96 valence electrons. The fourth-order valence-corrected chi connectivity index (χ4v) is 1.42. The highest BCUT2D eigenvalue weighted by molar-refractivity contribution is 5.87. The molecule has 1 aromatic rings. The Morgan fingerprint density at radius 3 is 2.50 bits per heavy atom. The highest BCUT2D eigenvalue weighted by atomic mass is 16.5. The molecule has 0 unspecified atom stereocenters. The van der Waals surface area contributed by atoms with Crippen LogP contribution in [0.4, 0.5) is 0 Å². The van der Waals surface area contributed by atoms with Crippen molar-refractivity contribution >= 4 is 18.0 Å². The monoisotopic (exact) mass is 248 g/mol. The van der Waals surface area contributed by atoms with Gasteiger partial charge in [0.05, 0.1) is 12.7 Å². The van der Waals surface area contributed by atoms with E-state index in [0.717, 1.165) is 18.4 Å². The summed E-state index contributed by atoms with van der Waals surface area (Å²) in [6.07, 6.45) is 5.81. The number of carbonyl (C=O) groups is 2. The van der Waals surface area contributed by atoms with E-state index in [0.29, 0.717) is 6.42 Å². The molecular formula is C14H16O4. The number of carboxylic acids is 1. The Morgan fingerprint density at radius 2 is 1.94 bits per heavy atom. The van der Waals surface area contributed by atoms with E-state index in [1.54, 1.807) is 24.3 Å². The highest BCUT2D eigenvalue weighted by Gasteiger charge is 2.00. The maximum atomic E-state index is 10.8. The quantitative estimate of drug-likeness (QED) is 0.621. The normalized spacial score (nSPS) is 10.5. The van der Waals surface area contributed by atoms with Gasteiger partial charge in [0.1, 0.15) is 0 Å². The van der Waals surface area contributed by atoms with Crippen LogP contribution in [0, 0.1) is 0 Å². The molecule has 0 bridgehead atoms. The van der Waals surface area contributed by atoms with Gasteiger partial charge in [-0.3, -0.25) is 4.79 Å². The number of unbranched alkanes of at least 4 members (excludes halogenated alkanes) is 1. The lowest BCUT2D eigenvalue weighted by Crippen LogP contribution is -1.98. The largest absolute Gasteiger partial charge is 0.478 e. The van der Waals surface area contributed by atoms with Crippen LogP contribution in [0.2, 0.25) is 0 Å². The molecule has 0 aliphatic rings. The molecule has 0 aromatic heterocycles. The van der Waals surface area contributed by atoms with Gasteiger partial charge in [0, 0.05) is 6.42 Å². The molecule has 4 heteroatoms. The van der Waals surface area contributed by atoms with Gasteiger partial charge in [-0.05, 0) is 30.5 Å². The molecule has 0 spiro atoms. The van der Waals surface area contributed by atoms with Gasteiger partial charge >= 0.3 is 11.9 Å². The van der Waals surface area contributed by atoms with E-state index in [9.17, 15) is 9.59 Å². The van der Waals surface area contributed by atoms with Gasteiger partial charge in [-0.1, -0.05) is 24.3 Å². The minimum atomic E-state index is -0.927.